The molecule has 3 aromatic rings. The average molecular weight is 533 g/mol. The number of nitrogens with one attached hydrogen (secondary N) is 2. The number of hydrogen-bond donors (Lipinski definition) is 2. The third-order valence-electron chi connectivity index (χ3n) is 6.79. The molecule has 2 aromatic heterocycles. The SMILES string of the molecule is CCNC(=O)Nc1ccc(-c2nc(N3CCOCC3)c3cnn(C4CCN(CC(F)(F)F)CC4)c3n2)cc1. The number of aromatic nitrogens is 4. The molecule has 0 aliphatic carbocycles. The first kappa shape index (κ1) is 26.2. The highest BCUT2D eigenvalue weighted by Crippen LogP contribution is 2.33. The summed E-state index contributed by atoms with van der Waals surface area (Å²) in [4.78, 5) is 25.2. The summed E-state index contributed by atoms with van der Waals surface area (Å²) in [7, 11) is 0. The van der Waals surface area contributed by atoms with Crippen molar-refractivity contribution in [2.24, 2.45) is 0 Å². The number of hydrogen-bond acceptors (Lipinski definition) is 7. The van der Waals surface area contributed by atoms with Gasteiger partial charge in [0.15, 0.2) is 11.5 Å². The summed E-state index contributed by atoms with van der Waals surface area (Å²) in [6, 6.07) is 6.95. The molecule has 0 saturated carbocycles. The Morgan fingerprint density at radius 3 is 2.45 bits per heavy atom. The number of anilines is 2. The van der Waals surface area contributed by atoms with E-state index >= 15 is 0 Å². The second-order valence-electron chi connectivity index (χ2n) is 9.48. The summed E-state index contributed by atoms with van der Waals surface area (Å²) >= 11 is 0. The molecule has 2 N–H and O–H groups in total. The lowest BCUT2D eigenvalue weighted by Gasteiger charge is -2.32. The Balaban J connectivity index is 1.45. The Hall–Kier alpha value is -3.45. The van der Waals surface area contributed by atoms with E-state index in [4.69, 9.17) is 14.7 Å². The van der Waals surface area contributed by atoms with E-state index in [0.29, 0.717) is 75.9 Å². The van der Waals surface area contributed by atoms with Crippen LogP contribution >= 0.6 is 0 Å². The summed E-state index contributed by atoms with van der Waals surface area (Å²) in [5.74, 6) is 1.28. The smallest absolute Gasteiger partial charge is 0.378 e. The Morgan fingerprint density at radius 1 is 1.08 bits per heavy atom. The maximum absolute atomic E-state index is 12.9. The topological polar surface area (TPSA) is 100 Å². The number of carbonyl (C=O) groups is 1. The monoisotopic (exact) mass is 532 g/mol. The number of piperidine rings is 1. The molecule has 4 heterocycles. The number of halogens is 3. The molecule has 13 heteroatoms. The van der Waals surface area contributed by atoms with E-state index in [9.17, 15) is 18.0 Å². The molecule has 2 aliphatic heterocycles. The van der Waals surface area contributed by atoms with Gasteiger partial charge in [0.25, 0.3) is 0 Å². The van der Waals surface area contributed by atoms with Crippen LogP contribution in [-0.4, -0.2) is 89.3 Å². The first-order valence-corrected chi connectivity index (χ1v) is 12.8. The standard InChI is InChI=1S/C25H31F3N8O2/c1-2-29-24(37)31-18-5-3-17(4-6-18)21-32-22(35-11-13-38-14-12-35)20-15-30-36(23(20)33-21)19-7-9-34(10-8-19)16-25(26,27)28/h3-6,15,19H,2,7-14,16H2,1H3,(H2,29,31,37). The molecule has 2 saturated heterocycles. The van der Waals surface area contributed by atoms with Gasteiger partial charge in [-0.15, -0.1) is 0 Å². The molecule has 38 heavy (non-hydrogen) atoms. The number of morpholine rings is 1. The third kappa shape index (κ3) is 5.99. The van der Waals surface area contributed by atoms with Crippen LogP contribution in [0.25, 0.3) is 22.4 Å². The van der Waals surface area contributed by atoms with Crippen LogP contribution in [-0.2, 0) is 4.74 Å². The lowest BCUT2D eigenvalue weighted by Crippen LogP contribution is -2.40. The van der Waals surface area contributed by atoms with Crippen LogP contribution in [0.2, 0.25) is 0 Å². The predicted molar refractivity (Wildman–Crippen MR) is 137 cm³/mol. The van der Waals surface area contributed by atoms with Crippen molar-refractivity contribution in [3.63, 3.8) is 0 Å². The van der Waals surface area contributed by atoms with Gasteiger partial charge < -0.3 is 20.3 Å². The van der Waals surface area contributed by atoms with Gasteiger partial charge in [0.2, 0.25) is 0 Å². The Kier molecular flexibility index (Phi) is 7.65. The van der Waals surface area contributed by atoms with E-state index in [1.54, 1.807) is 18.3 Å². The summed E-state index contributed by atoms with van der Waals surface area (Å²) < 4.78 is 45.9. The molecule has 10 nitrogen and oxygen atoms in total. The summed E-state index contributed by atoms with van der Waals surface area (Å²) in [6.45, 7) is 4.72. The van der Waals surface area contributed by atoms with Gasteiger partial charge in [-0.2, -0.15) is 18.3 Å². The zero-order valence-corrected chi connectivity index (χ0v) is 21.2. The molecule has 204 valence electrons. The van der Waals surface area contributed by atoms with Crippen molar-refractivity contribution in [3.8, 4) is 11.4 Å². The van der Waals surface area contributed by atoms with Crippen molar-refractivity contribution in [2.75, 3.05) is 62.7 Å². The summed E-state index contributed by atoms with van der Waals surface area (Å²) in [6.07, 6.45) is -1.34. The third-order valence-corrected chi connectivity index (χ3v) is 6.79. The molecular weight excluding hydrogens is 501 g/mol. The normalized spacial score (nSPS) is 17.6. The number of urea groups is 1. The number of nitrogens with zero attached hydrogens (tertiary/aromatic N) is 6. The minimum Gasteiger partial charge on any atom is -0.378 e. The molecule has 0 radical (unpaired) electrons. The highest BCUT2D eigenvalue weighted by molar-refractivity contribution is 5.90. The molecule has 5 rings (SSSR count). The Labute approximate surface area is 218 Å². The lowest BCUT2D eigenvalue weighted by atomic mass is 10.1. The molecule has 2 amide bonds. The van der Waals surface area contributed by atoms with Gasteiger partial charge in [-0.3, -0.25) is 4.90 Å². The van der Waals surface area contributed by atoms with Gasteiger partial charge >= 0.3 is 12.2 Å². The molecule has 0 spiro atoms. The van der Waals surface area contributed by atoms with E-state index < -0.39 is 12.7 Å². The molecule has 0 atom stereocenters. The van der Waals surface area contributed by atoms with E-state index in [1.807, 2.05) is 23.7 Å². The van der Waals surface area contributed by atoms with E-state index in [-0.39, 0.29) is 12.1 Å². The van der Waals surface area contributed by atoms with Crippen LogP contribution in [0.1, 0.15) is 25.8 Å². The molecule has 1 aromatic carbocycles. The van der Waals surface area contributed by atoms with Crippen LogP contribution in [0.3, 0.4) is 0 Å². The first-order valence-electron chi connectivity index (χ1n) is 12.8. The van der Waals surface area contributed by atoms with Crippen LogP contribution < -0.4 is 15.5 Å². The van der Waals surface area contributed by atoms with Crippen LogP contribution in [0.4, 0.5) is 29.5 Å². The number of fused-ring (bicyclic) bond motifs is 1. The molecule has 2 fully saturated rings. The predicted octanol–water partition coefficient (Wildman–Crippen LogP) is 3.67. The second kappa shape index (κ2) is 11.1. The number of rotatable bonds is 6. The highest BCUT2D eigenvalue weighted by Gasteiger charge is 2.33. The fourth-order valence-electron chi connectivity index (χ4n) is 4.94. The van der Waals surface area contributed by atoms with Crippen LogP contribution in [0, 0.1) is 0 Å². The molecular formula is C25H31F3N8O2. The van der Waals surface area contributed by atoms with Crippen LogP contribution in [0.5, 0.6) is 0 Å². The van der Waals surface area contributed by atoms with Gasteiger partial charge in [0.05, 0.1) is 37.4 Å². The molecule has 2 aliphatic rings. The summed E-state index contributed by atoms with van der Waals surface area (Å²) in [5, 5.41) is 10.9. The van der Waals surface area contributed by atoms with Crippen molar-refractivity contribution in [3.05, 3.63) is 30.5 Å². The highest BCUT2D eigenvalue weighted by atomic mass is 19.4. The van der Waals surface area contributed by atoms with Crippen molar-refractivity contribution < 1.29 is 22.7 Å². The van der Waals surface area contributed by atoms with Gasteiger partial charge in [-0.1, -0.05) is 0 Å². The van der Waals surface area contributed by atoms with Crippen LogP contribution in [0.15, 0.2) is 30.5 Å². The first-order chi connectivity index (χ1) is 18.3. The Morgan fingerprint density at radius 2 is 1.79 bits per heavy atom. The maximum Gasteiger partial charge on any atom is 0.401 e. The van der Waals surface area contributed by atoms with E-state index in [0.717, 1.165) is 16.8 Å². The number of amides is 2. The van der Waals surface area contributed by atoms with Gasteiger partial charge in [-0.25, -0.2) is 19.4 Å². The minimum atomic E-state index is -4.20. The maximum atomic E-state index is 12.9. The van der Waals surface area contributed by atoms with E-state index in [1.165, 1.54) is 4.90 Å². The van der Waals surface area contributed by atoms with Crippen molar-refractivity contribution in [1.82, 2.24) is 30.0 Å². The Bertz CT molecular complexity index is 1250. The average Bonchev–Trinajstić information content (AvgIpc) is 3.33. The quantitative estimate of drug-likeness (QED) is 0.500. The fraction of sp³-hybridized carbons (Fsp3) is 0.520. The second-order valence-corrected chi connectivity index (χ2v) is 9.48. The van der Waals surface area contributed by atoms with Gasteiger partial charge in [-0.05, 0) is 44.0 Å². The number of likely N-dealkylation sites (tertiary alicyclic amines) is 1. The zero-order chi connectivity index (χ0) is 26.7. The fourth-order valence-corrected chi connectivity index (χ4v) is 4.94. The van der Waals surface area contributed by atoms with Crippen molar-refractivity contribution in [1.29, 1.82) is 0 Å². The van der Waals surface area contributed by atoms with E-state index in [2.05, 4.69) is 20.6 Å². The number of alkyl halides is 3. The largest absolute Gasteiger partial charge is 0.401 e. The molecule has 0 unspecified atom stereocenters. The van der Waals surface area contributed by atoms with Crippen molar-refractivity contribution >= 4 is 28.6 Å². The van der Waals surface area contributed by atoms with Gasteiger partial charge in [0, 0.05) is 44.0 Å². The number of ether oxygens (including phenoxy) is 1. The number of carbonyl (C=O) groups excluding carboxylic acids is 1. The molecule has 0 bridgehead atoms. The summed E-state index contributed by atoms with van der Waals surface area (Å²) in [5.41, 5.74) is 2.08. The zero-order valence-electron chi connectivity index (χ0n) is 21.2. The lowest BCUT2D eigenvalue weighted by molar-refractivity contribution is -0.148. The number of benzene rings is 1. The van der Waals surface area contributed by atoms with Gasteiger partial charge in [0.1, 0.15) is 5.82 Å². The minimum absolute atomic E-state index is 0.0547. The van der Waals surface area contributed by atoms with Crippen molar-refractivity contribution in [2.45, 2.75) is 32.0 Å².